The Bertz CT molecular complexity index is 1320. The van der Waals surface area contributed by atoms with E-state index in [1.54, 1.807) is 17.0 Å². The number of nitrogens with one attached hydrogen (secondary N) is 2. The highest BCUT2D eigenvalue weighted by Gasteiger charge is 2.35. The molecule has 3 amide bonds. The van der Waals surface area contributed by atoms with Gasteiger partial charge in [-0.1, -0.05) is 53.2 Å². The van der Waals surface area contributed by atoms with Crippen LogP contribution in [-0.2, 0) is 4.79 Å². The molecule has 1 aromatic heterocycles. The molecule has 2 heterocycles. The molecule has 0 saturated carbocycles. The van der Waals surface area contributed by atoms with Gasteiger partial charge in [0.25, 0.3) is 0 Å². The lowest BCUT2D eigenvalue weighted by Gasteiger charge is -2.16. The van der Waals surface area contributed by atoms with Gasteiger partial charge in [0.2, 0.25) is 17.6 Å². The molecule has 0 unspecified atom stereocenters. The summed E-state index contributed by atoms with van der Waals surface area (Å²) in [6.45, 7) is 2.50. The van der Waals surface area contributed by atoms with E-state index < -0.39 is 0 Å². The highest BCUT2D eigenvalue weighted by atomic mass is 16.5. The number of anilines is 3. The second-order valence-corrected chi connectivity index (χ2v) is 8.22. The Labute approximate surface area is 196 Å². The van der Waals surface area contributed by atoms with Gasteiger partial charge in [-0.25, -0.2) is 4.79 Å². The highest BCUT2D eigenvalue weighted by molar-refractivity contribution is 6.00. The van der Waals surface area contributed by atoms with Crippen LogP contribution in [0.15, 0.2) is 83.4 Å². The van der Waals surface area contributed by atoms with Crippen molar-refractivity contribution in [1.29, 1.82) is 0 Å². The first-order chi connectivity index (χ1) is 16.5. The van der Waals surface area contributed by atoms with Gasteiger partial charge in [-0.2, -0.15) is 4.98 Å². The molecule has 1 atom stereocenters. The SMILES string of the molecule is Cc1ccc(N2C[C@@H](c3nc(-c4cccc(NC(=O)Nc5ccccc5)c4)no3)CC2=O)cc1. The highest BCUT2D eigenvalue weighted by Crippen LogP contribution is 2.32. The smallest absolute Gasteiger partial charge is 0.323 e. The van der Waals surface area contributed by atoms with E-state index in [4.69, 9.17) is 4.52 Å². The second kappa shape index (κ2) is 9.19. The first kappa shape index (κ1) is 21.4. The van der Waals surface area contributed by atoms with Crippen LogP contribution < -0.4 is 15.5 Å². The molecule has 8 nitrogen and oxygen atoms in total. The molecule has 1 aliphatic heterocycles. The molecule has 1 fully saturated rings. The summed E-state index contributed by atoms with van der Waals surface area (Å²) in [5.41, 5.74) is 4.00. The summed E-state index contributed by atoms with van der Waals surface area (Å²) in [5.74, 6) is 0.693. The second-order valence-electron chi connectivity index (χ2n) is 8.22. The molecule has 8 heteroatoms. The van der Waals surface area contributed by atoms with Crippen LogP contribution in [-0.4, -0.2) is 28.6 Å². The number of aromatic nitrogens is 2. The van der Waals surface area contributed by atoms with E-state index in [0.29, 0.717) is 41.6 Å². The standard InChI is InChI=1S/C26H23N5O3/c1-17-10-12-22(13-11-17)31-16-19(15-23(31)32)25-29-24(30-34-25)18-6-5-9-21(14-18)28-26(33)27-20-7-3-2-4-8-20/h2-14,19H,15-16H2,1H3,(H2,27,28,33)/t19-/m0/s1. The minimum Gasteiger partial charge on any atom is -0.339 e. The number of carbonyl (C=O) groups excluding carboxylic acids is 2. The first-order valence-corrected chi connectivity index (χ1v) is 11.0. The van der Waals surface area contributed by atoms with Gasteiger partial charge >= 0.3 is 6.03 Å². The quantitative estimate of drug-likeness (QED) is 0.432. The van der Waals surface area contributed by atoms with Crippen LogP contribution >= 0.6 is 0 Å². The number of hydrogen-bond acceptors (Lipinski definition) is 5. The Balaban J connectivity index is 1.27. The summed E-state index contributed by atoms with van der Waals surface area (Å²) < 4.78 is 5.51. The van der Waals surface area contributed by atoms with Crippen molar-refractivity contribution in [3.63, 3.8) is 0 Å². The van der Waals surface area contributed by atoms with Crippen molar-refractivity contribution in [2.45, 2.75) is 19.3 Å². The fraction of sp³-hybridized carbons (Fsp3) is 0.154. The van der Waals surface area contributed by atoms with Crippen molar-refractivity contribution in [2.24, 2.45) is 0 Å². The fourth-order valence-electron chi connectivity index (χ4n) is 3.92. The van der Waals surface area contributed by atoms with E-state index in [-0.39, 0.29) is 17.9 Å². The monoisotopic (exact) mass is 453 g/mol. The molecule has 1 aliphatic rings. The molecule has 5 rings (SSSR count). The van der Waals surface area contributed by atoms with Crippen molar-refractivity contribution in [3.8, 4) is 11.4 Å². The number of hydrogen-bond donors (Lipinski definition) is 2. The third-order valence-corrected chi connectivity index (χ3v) is 5.67. The molecule has 2 N–H and O–H groups in total. The molecular weight excluding hydrogens is 430 g/mol. The molecule has 0 radical (unpaired) electrons. The van der Waals surface area contributed by atoms with Crippen LogP contribution in [0.5, 0.6) is 0 Å². The van der Waals surface area contributed by atoms with E-state index in [1.165, 1.54) is 0 Å². The zero-order chi connectivity index (χ0) is 23.5. The average molecular weight is 454 g/mol. The van der Waals surface area contributed by atoms with Crippen molar-refractivity contribution in [3.05, 3.63) is 90.3 Å². The molecule has 1 saturated heterocycles. The third kappa shape index (κ3) is 4.66. The Morgan fingerprint density at radius 1 is 0.971 bits per heavy atom. The van der Waals surface area contributed by atoms with Crippen LogP contribution in [0, 0.1) is 6.92 Å². The topological polar surface area (TPSA) is 100 Å². The zero-order valence-corrected chi connectivity index (χ0v) is 18.6. The van der Waals surface area contributed by atoms with Gasteiger partial charge < -0.3 is 20.1 Å². The molecule has 0 bridgehead atoms. The van der Waals surface area contributed by atoms with Crippen LogP contribution in [0.2, 0.25) is 0 Å². The Morgan fingerprint density at radius 2 is 1.71 bits per heavy atom. The number of aryl methyl sites for hydroxylation is 1. The molecule has 4 aromatic rings. The minimum atomic E-state index is -0.349. The van der Waals surface area contributed by atoms with Crippen molar-refractivity contribution >= 4 is 29.0 Å². The number of amides is 3. The van der Waals surface area contributed by atoms with Crippen LogP contribution in [0.3, 0.4) is 0 Å². The van der Waals surface area contributed by atoms with Gasteiger partial charge in [-0.05, 0) is 43.3 Å². The average Bonchev–Trinajstić information content (AvgIpc) is 3.48. The van der Waals surface area contributed by atoms with Crippen LogP contribution in [0.4, 0.5) is 21.9 Å². The maximum atomic E-state index is 12.6. The Hall–Kier alpha value is -4.46. The van der Waals surface area contributed by atoms with Gasteiger partial charge in [0, 0.05) is 35.6 Å². The maximum Gasteiger partial charge on any atom is 0.323 e. The maximum absolute atomic E-state index is 12.6. The molecule has 170 valence electrons. The van der Waals surface area contributed by atoms with Crippen LogP contribution in [0.1, 0.15) is 23.8 Å². The van der Waals surface area contributed by atoms with E-state index in [9.17, 15) is 9.59 Å². The number of para-hydroxylation sites is 1. The summed E-state index contributed by atoms with van der Waals surface area (Å²) in [4.78, 5) is 31.2. The number of urea groups is 1. The molecule has 0 aliphatic carbocycles. The number of benzene rings is 3. The lowest BCUT2D eigenvalue weighted by Crippen LogP contribution is -2.24. The number of nitrogens with zero attached hydrogens (tertiary/aromatic N) is 3. The van der Waals surface area contributed by atoms with E-state index >= 15 is 0 Å². The van der Waals surface area contributed by atoms with Gasteiger partial charge in [-0.3, -0.25) is 4.79 Å². The first-order valence-electron chi connectivity index (χ1n) is 11.0. The summed E-state index contributed by atoms with van der Waals surface area (Å²) in [6, 6.07) is 23.9. The van der Waals surface area contributed by atoms with Crippen molar-refractivity contribution < 1.29 is 14.1 Å². The summed E-state index contributed by atoms with van der Waals surface area (Å²) in [5, 5.41) is 9.70. The zero-order valence-electron chi connectivity index (χ0n) is 18.6. The molecular formula is C26H23N5O3. The van der Waals surface area contributed by atoms with Gasteiger partial charge in [0.15, 0.2) is 0 Å². The molecule has 3 aromatic carbocycles. The van der Waals surface area contributed by atoms with E-state index in [2.05, 4.69) is 20.8 Å². The Morgan fingerprint density at radius 3 is 2.50 bits per heavy atom. The molecule has 34 heavy (non-hydrogen) atoms. The minimum absolute atomic E-state index is 0.0317. The summed E-state index contributed by atoms with van der Waals surface area (Å²) >= 11 is 0. The number of carbonyl (C=O) groups is 2. The predicted molar refractivity (Wildman–Crippen MR) is 130 cm³/mol. The number of rotatable bonds is 5. The van der Waals surface area contributed by atoms with E-state index in [1.807, 2.05) is 73.7 Å². The third-order valence-electron chi connectivity index (χ3n) is 5.67. The molecule has 0 spiro atoms. The van der Waals surface area contributed by atoms with Crippen LogP contribution in [0.25, 0.3) is 11.4 Å². The normalized spacial score (nSPS) is 15.4. The van der Waals surface area contributed by atoms with Crippen molar-refractivity contribution in [1.82, 2.24) is 10.1 Å². The van der Waals surface area contributed by atoms with E-state index in [0.717, 1.165) is 11.3 Å². The lowest BCUT2D eigenvalue weighted by atomic mass is 10.1. The summed E-state index contributed by atoms with van der Waals surface area (Å²) in [7, 11) is 0. The van der Waals surface area contributed by atoms with Gasteiger partial charge in [0.1, 0.15) is 0 Å². The Kier molecular flexibility index (Phi) is 5.78. The largest absolute Gasteiger partial charge is 0.339 e. The predicted octanol–water partition coefficient (Wildman–Crippen LogP) is 5.21. The van der Waals surface area contributed by atoms with Gasteiger partial charge in [-0.15, -0.1) is 0 Å². The van der Waals surface area contributed by atoms with Gasteiger partial charge in [0.05, 0.1) is 5.92 Å². The lowest BCUT2D eigenvalue weighted by molar-refractivity contribution is -0.117. The van der Waals surface area contributed by atoms with Crippen molar-refractivity contribution in [2.75, 3.05) is 22.1 Å². The summed E-state index contributed by atoms with van der Waals surface area (Å²) in [6.07, 6.45) is 0.316. The fourth-order valence-corrected chi connectivity index (χ4v) is 3.92.